The molecule has 0 aromatic rings. The fraction of sp³-hybridized carbons (Fsp3) is 0.750. The molecule has 0 saturated carbocycles. The zero-order valence-electron chi connectivity index (χ0n) is 11.9. The number of hydrogen-bond donors (Lipinski definition) is 0. The third-order valence-corrected chi connectivity index (χ3v) is 3.17. The lowest BCUT2D eigenvalue weighted by atomic mass is 10.1. The van der Waals surface area contributed by atoms with Crippen LogP contribution in [-0.2, 0) is 9.47 Å². The van der Waals surface area contributed by atoms with E-state index in [1.165, 1.54) is 19.3 Å². The van der Waals surface area contributed by atoms with Crippen LogP contribution in [-0.4, -0.2) is 19.0 Å². The summed E-state index contributed by atoms with van der Waals surface area (Å²) < 4.78 is 11.4. The molecule has 0 N–H and O–H groups in total. The summed E-state index contributed by atoms with van der Waals surface area (Å²) in [6, 6.07) is 0. The van der Waals surface area contributed by atoms with Crippen LogP contribution in [0.4, 0.5) is 0 Å². The minimum atomic E-state index is -0.0765. The van der Waals surface area contributed by atoms with Crippen LogP contribution < -0.4 is 0 Å². The monoisotopic (exact) mass is 252 g/mol. The summed E-state index contributed by atoms with van der Waals surface area (Å²) in [5, 5.41) is 0. The van der Waals surface area contributed by atoms with Crippen molar-refractivity contribution in [2.24, 2.45) is 0 Å². The van der Waals surface area contributed by atoms with Crippen molar-refractivity contribution in [1.82, 2.24) is 0 Å². The Hall–Kier alpha value is -0.600. The third-order valence-electron chi connectivity index (χ3n) is 3.17. The predicted octanol–water partition coefficient (Wildman–Crippen LogP) is 4.61. The van der Waals surface area contributed by atoms with E-state index in [0.717, 1.165) is 32.3 Å². The van der Waals surface area contributed by atoms with Crippen molar-refractivity contribution in [2.75, 3.05) is 6.61 Å². The average Bonchev–Trinajstić information content (AvgIpc) is 2.33. The van der Waals surface area contributed by atoms with Gasteiger partial charge < -0.3 is 9.47 Å². The van der Waals surface area contributed by atoms with Crippen molar-refractivity contribution >= 4 is 0 Å². The third kappa shape index (κ3) is 7.67. The Kier molecular flexibility index (Phi) is 8.87. The van der Waals surface area contributed by atoms with Gasteiger partial charge in [0.2, 0.25) is 0 Å². The molecule has 0 heterocycles. The van der Waals surface area contributed by atoms with Gasteiger partial charge in [-0.05, 0) is 58.8 Å². The van der Waals surface area contributed by atoms with Gasteiger partial charge in [-0.25, -0.2) is 0 Å². The maximum atomic E-state index is 5.96. The molecule has 0 aromatic heterocycles. The number of allylic oxidation sites excluding steroid dienone is 4. The first-order valence-electron chi connectivity index (χ1n) is 7.40. The van der Waals surface area contributed by atoms with Crippen LogP contribution in [0.25, 0.3) is 0 Å². The van der Waals surface area contributed by atoms with Gasteiger partial charge in [0.1, 0.15) is 0 Å². The lowest BCUT2D eigenvalue weighted by Gasteiger charge is -2.22. The standard InChI is InChI=1S/C16H28O2/c1-3-17-15(2)18-16-13-11-9-7-5-4-6-8-10-12-14-16/h5,7-8,10,15-16H,3-4,6,9,11-14H2,1-2H3/b7-5+,10-8+. The fourth-order valence-electron chi connectivity index (χ4n) is 2.23. The zero-order chi connectivity index (χ0) is 13.1. The van der Waals surface area contributed by atoms with Crippen LogP contribution in [0.1, 0.15) is 58.8 Å². The Labute approximate surface area is 112 Å². The van der Waals surface area contributed by atoms with Gasteiger partial charge in [0.15, 0.2) is 6.29 Å². The van der Waals surface area contributed by atoms with Gasteiger partial charge >= 0.3 is 0 Å². The van der Waals surface area contributed by atoms with E-state index in [1.807, 2.05) is 13.8 Å². The van der Waals surface area contributed by atoms with Crippen LogP contribution in [0.2, 0.25) is 0 Å². The van der Waals surface area contributed by atoms with E-state index in [0.29, 0.717) is 6.10 Å². The Morgan fingerprint density at radius 2 is 1.67 bits per heavy atom. The Morgan fingerprint density at radius 1 is 1.00 bits per heavy atom. The van der Waals surface area contributed by atoms with Crippen LogP contribution in [0.15, 0.2) is 24.3 Å². The maximum absolute atomic E-state index is 5.96. The van der Waals surface area contributed by atoms with Crippen molar-refractivity contribution in [2.45, 2.75) is 71.2 Å². The molecule has 104 valence electrons. The van der Waals surface area contributed by atoms with Crippen LogP contribution in [0.3, 0.4) is 0 Å². The normalized spacial score (nSPS) is 27.8. The molecule has 0 aromatic carbocycles. The highest BCUT2D eigenvalue weighted by Crippen LogP contribution is 2.15. The molecule has 0 amide bonds. The van der Waals surface area contributed by atoms with E-state index in [4.69, 9.17) is 9.47 Å². The van der Waals surface area contributed by atoms with Crippen molar-refractivity contribution in [3.05, 3.63) is 24.3 Å². The number of ether oxygens (including phenoxy) is 2. The molecule has 0 aliphatic heterocycles. The maximum Gasteiger partial charge on any atom is 0.155 e. The predicted molar refractivity (Wildman–Crippen MR) is 76.6 cm³/mol. The lowest BCUT2D eigenvalue weighted by Crippen LogP contribution is -2.22. The zero-order valence-corrected chi connectivity index (χ0v) is 11.9. The van der Waals surface area contributed by atoms with Gasteiger partial charge in [-0.2, -0.15) is 0 Å². The smallest absolute Gasteiger partial charge is 0.155 e. The molecule has 1 aliphatic rings. The highest BCUT2D eigenvalue weighted by molar-refractivity contribution is 4.89. The lowest BCUT2D eigenvalue weighted by molar-refractivity contribution is -0.160. The second-order valence-corrected chi connectivity index (χ2v) is 4.81. The van der Waals surface area contributed by atoms with Gasteiger partial charge in [-0.3, -0.25) is 0 Å². The van der Waals surface area contributed by atoms with Crippen molar-refractivity contribution < 1.29 is 9.47 Å². The first kappa shape index (κ1) is 15.5. The molecular weight excluding hydrogens is 224 g/mol. The first-order valence-corrected chi connectivity index (χ1v) is 7.40. The summed E-state index contributed by atoms with van der Waals surface area (Å²) in [5.41, 5.74) is 0. The molecule has 0 fully saturated rings. The molecule has 0 bridgehead atoms. The second kappa shape index (κ2) is 10.3. The first-order chi connectivity index (χ1) is 8.83. The second-order valence-electron chi connectivity index (χ2n) is 4.81. The highest BCUT2D eigenvalue weighted by atomic mass is 16.7. The topological polar surface area (TPSA) is 18.5 Å². The highest BCUT2D eigenvalue weighted by Gasteiger charge is 2.12. The van der Waals surface area contributed by atoms with E-state index < -0.39 is 0 Å². The molecule has 0 spiro atoms. The fourth-order valence-corrected chi connectivity index (χ4v) is 2.23. The molecule has 0 radical (unpaired) electrons. The van der Waals surface area contributed by atoms with E-state index >= 15 is 0 Å². The molecule has 0 saturated heterocycles. The minimum Gasteiger partial charge on any atom is -0.353 e. The van der Waals surface area contributed by atoms with Crippen LogP contribution in [0.5, 0.6) is 0 Å². The van der Waals surface area contributed by atoms with E-state index in [2.05, 4.69) is 24.3 Å². The number of rotatable bonds is 4. The molecule has 18 heavy (non-hydrogen) atoms. The molecular formula is C16H28O2. The summed E-state index contributed by atoms with van der Waals surface area (Å²) >= 11 is 0. The van der Waals surface area contributed by atoms with Gasteiger partial charge in [0, 0.05) is 6.61 Å². The Bertz CT molecular complexity index is 245. The van der Waals surface area contributed by atoms with Crippen molar-refractivity contribution in [3.63, 3.8) is 0 Å². The summed E-state index contributed by atoms with van der Waals surface area (Å²) in [7, 11) is 0. The summed E-state index contributed by atoms with van der Waals surface area (Å²) in [6.45, 7) is 4.72. The quantitative estimate of drug-likeness (QED) is 0.537. The van der Waals surface area contributed by atoms with E-state index in [1.54, 1.807) is 0 Å². The molecule has 2 atom stereocenters. The Balaban J connectivity index is 2.37. The number of hydrogen-bond acceptors (Lipinski definition) is 2. The molecule has 2 heteroatoms. The van der Waals surface area contributed by atoms with Gasteiger partial charge in [0.25, 0.3) is 0 Å². The van der Waals surface area contributed by atoms with Crippen molar-refractivity contribution in [1.29, 1.82) is 0 Å². The largest absolute Gasteiger partial charge is 0.353 e. The molecule has 2 nitrogen and oxygen atoms in total. The van der Waals surface area contributed by atoms with E-state index in [9.17, 15) is 0 Å². The molecule has 1 rings (SSSR count). The van der Waals surface area contributed by atoms with Gasteiger partial charge in [0.05, 0.1) is 6.10 Å². The average molecular weight is 252 g/mol. The van der Waals surface area contributed by atoms with Gasteiger partial charge in [-0.1, -0.05) is 24.3 Å². The van der Waals surface area contributed by atoms with Gasteiger partial charge in [-0.15, -0.1) is 0 Å². The van der Waals surface area contributed by atoms with E-state index in [-0.39, 0.29) is 6.29 Å². The van der Waals surface area contributed by atoms with Crippen LogP contribution >= 0.6 is 0 Å². The molecule has 2 unspecified atom stereocenters. The van der Waals surface area contributed by atoms with Crippen molar-refractivity contribution in [3.8, 4) is 0 Å². The Morgan fingerprint density at radius 3 is 2.39 bits per heavy atom. The molecule has 1 aliphatic carbocycles. The summed E-state index contributed by atoms with van der Waals surface area (Å²) in [5.74, 6) is 0. The minimum absolute atomic E-state index is 0.0765. The summed E-state index contributed by atoms with van der Waals surface area (Å²) in [6.07, 6.45) is 17.5. The van der Waals surface area contributed by atoms with Crippen LogP contribution in [0, 0.1) is 0 Å². The SMILES string of the molecule is CCOC(C)OC1CC/C=C/CC/C=C/CCC1. The summed E-state index contributed by atoms with van der Waals surface area (Å²) in [4.78, 5) is 0.